The summed E-state index contributed by atoms with van der Waals surface area (Å²) in [6, 6.07) is 16.3. The van der Waals surface area contributed by atoms with E-state index in [1.54, 1.807) is 18.2 Å². The number of likely N-dealkylation sites (tertiary alicyclic amines) is 1. The van der Waals surface area contributed by atoms with Crippen LogP contribution in [-0.2, 0) is 0 Å². The molecule has 1 saturated heterocycles. The first-order chi connectivity index (χ1) is 12.2. The maximum Gasteiger partial charge on any atom is 0.256 e. The van der Waals surface area contributed by atoms with Gasteiger partial charge < -0.3 is 14.9 Å². The summed E-state index contributed by atoms with van der Waals surface area (Å²) in [4.78, 5) is 28.7. The molecule has 5 nitrogen and oxygen atoms in total. The molecular formula is C20H20N2O3. The number of aliphatic hydroxyl groups is 1. The van der Waals surface area contributed by atoms with Gasteiger partial charge in [0.25, 0.3) is 11.8 Å². The van der Waals surface area contributed by atoms with E-state index < -0.39 is 6.23 Å². The van der Waals surface area contributed by atoms with Gasteiger partial charge in [-0.05, 0) is 31.0 Å². The highest BCUT2D eigenvalue weighted by molar-refractivity contribution is 5.99. The van der Waals surface area contributed by atoms with Crippen LogP contribution in [0.4, 0.5) is 0 Å². The Morgan fingerprint density at radius 2 is 1.80 bits per heavy atom. The summed E-state index contributed by atoms with van der Waals surface area (Å²) >= 11 is 0. The first-order valence-electron chi connectivity index (χ1n) is 8.61. The highest BCUT2D eigenvalue weighted by Crippen LogP contribution is 2.33. The third-order valence-corrected chi connectivity index (χ3v) is 5.09. The lowest BCUT2D eigenvalue weighted by atomic mass is 10.1. The van der Waals surface area contributed by atoms with Crippen molar-refractivity contribution in [2.24, 2.45) is 0 Å². The van der Waals surface area contributed by atoms with Gasteiger partial charge in [-0.15, -0.1) is 0 Å². The molecule has 0 aliphatic carbocycles. The van der Waals surface area contributed by atoms with E-state index in [1.807, 2.05) is 41.3 Å². The Morgan fingerprint density at radius 3 is 2.56 bits per heavy atom. The van der Waals surface area contributed by atoms with Crippen molar-refractivity contribution >= 4 is 11.8 Å². The van der Waals surface area contributed by atoms with Crippen LogP contribution in [0.3, 0.4) is 0 Å². The summed E-state index contributed by atoms with van der Waals surface area (Å²) in [5.74, 6) is -0.177. The van der Waals surface area contributed by atoms with E-state index in [-0.39, 0.29) is 17.9 Å². The lowest BCUT2D eigenvalue weighted by Crippen LogP contribution is -2.44. The second-order valence-electron chi connectivity index (χ2n) is 6.58. The van der Waals surface area contributed by atoms with Crippen LogP contribution >= 0.6 is 0 Å². The van der Waals surface area contributed by atoms with Crippen molar-refractivity contribution in [3.05, 3.63) is 71.3 Å². The number of hydrogen-bond acceptors (Lipinski definition) is 3. The molecule has 0 radical (unpaired) electrons. The van der Waals surface area contributed by atoms with E-state index in [2.05, 4.69) is 0 Å². The second-order valence-corrected chi connectivity index (χ2v) is 6.58. The number of rotatable bonds is 3. The van der Waals surface area contributed by atoms with Crippen LogP contribution in [0.5, 0.6) is 0 Å². The monoisotopic (exact) mass is 336 g/mol. The molecule has 0 aromatic heterocycles. The molecule has 2 heterocycles. The third-order valence-electron chi connectivity index (χ3n) is 5.09. The van der Waals surface area contributed by atoms with Crippen LogP contribution in [0.2, 0.25) is 0 Å². The van der Waals surface area contributed by atoms with E-state index in [9.17, 15) is 14.7 Å². The van der Waals surface area contributed by atoms with Crippen molar-refractivity contribution < 1.29 is 14.7 Å². The average molecular weight is 336 g/mol. The molecule has 128 valence electrons. The largest absolute Gasteiger partial charge is 0.369 e. The van der Waals surface area contributed by atoms with Crippen LogP contribution in [0.1, 0.15) is 45.3 Å². The zero-order valence-electron chi connectivity index (χ0n) is 13.8. The van der Waals surface area contributed by atoms with Gasteiger partial charge in [0.1, 0.15) is 0 Å². The molecular weight excluding hydrogens is 316 g/mol. The van der Waals surface area contributed by atoms with E-state index in [0.29, 0.717) is 29.8 Å². The number of fused-ring (bicyclic) bond motifs is 1. The smallest absolute Gasteiger partial charge is 0.256 e. The van der Waals surface area contributed by atoms with Crippen molar-refractivity contribution in [2.45, 2.75) is 25.1 Å². The second kappa shape index (κ2) is 6.33. The third kappa shape index (κ3) is 2.70. The number of carbonyl (C=O) groups is 2. The Labute approximate surface area is 146 Å². The Balaban J connectivity index is 1.53. The predicted molar refractivity (Wildman–Crippen MR) is 92.9 cm³/mol. The average Bonchev–Trinajstić information content (AvgIpc) is 3.21. The molecule has 2 amide bonds. The summed E-state index contributed by atoms with van der Waals surface area (Å²) in [6.45, 7) is 1.04. The van der Waals surface area contributed by atoms with Crippen molar-refractivity contribution in [3.8, 4) is 0 Å². The number of aliphatic hydroxyl groups excluding tert-OH is 1. The lowest BCUT2D eigenvalue weighted by Gasteiger charge is -2.30. The number of benzene rings is 2. The molecule has 2 atom stereocenters. The van der Waals surface area contributed by atoms with Gasteiger partial charge in [-0.3, -0.25) is 9.59 Å². The minimum atomic E-state index is -0.932. The maximum absolute atomic E-state index is 12.8. The van der Waals surface area contributed by atoms with E-state index in [1.165, 1.54) is 4.90 Å². The fourth-order valence-electron chi connectivity index (χ4n) is 3.80. The van der Waals surface area contributed by atoms with Gasteiger partial charge in [0.05, 0.1) is 0 Å². The first kappa shape index (κ1) is 15.8. The number of nitrogens with zero attached hydrogens (tertiary/aromatic N) is 2. The van der Waals surface area contributed by atoms with Crippen molar-refractivity contribution in [1.82, 2.24) is 9.80 Å². The van der Waals surface area contributed by atoms with Gasteiger partial charge in [-0.1, -0.05) is 36.4 Å². The summed E-state index contributed by atoms with van der Waals surface area (Å²) in [7, 11) is 0. The maximum atomic E-state index is 12.8. The Hall–Kier alpha value is -2.66. The number of hydrogen-bond donors (Lipinski definition) is 1. The zero-order valence-corrected chi connectivity index (χ0v) is 13.8. The molecule has 1 N–H and O–H groups in total. The summed E-state index contributed by atoms with van der Waals surface area (Å²) in [5, 5.41) is 10.5. The minimum absolute atomic E-state index is 0.0123. The van der Waals surface area contributed by atoms with Gasteiger partial charge in [0.2, 0.25) is 0 Å². The molecule has 0 saturated carbocycles. The van der Waals surface area contributed by atoms with Crippen LogP contribution < -0.4 is 0 Å². The van der Waals surface area contributed by atoms with Crippen LogP contribution in [0.25, 0.3) is 0 Å². The predicted octanol–water partition coefficient (Wildman–Crippen LogP) is 2.44. The van der Waals surface area contributed by atoms with Gasteiger partial charge in [0.15, 0.2) is 6.23 Å². The van der Waals surface area contributed by atoms with Gasteiger partial charge in [0, 0.05) is 35.8 Å². The fourth-order valence-corrected chi connectivity index (χ4v) is 3.80. The zero-order chi connectivity index (χ0) is 17.4. The molecule has 0 spiro atoms. The van der Waals surface area contributed by atoms with Gasteiger partial charge >= 0.3 is 0 Å². The molecule has 2 aliphatic heterocycles. The van der Waals surface area contributed by atoms with E-state index in [0.717, 1.165) is 12.8 Å². The topological polar surface area (TPSA) is 60.9 Å². The van der Waals surface area contributed by atoms with E-state index >= 15 is 0 Å². The molecule has 25 heavy (non-hydrogen) atoms. The van der Waals surface area contributed by atoms with Crippen molar-refractivity contribution in [1.29, 1.82) is 0 Å². The highest BCUT2D eigenvalue weighted by Gasteiger charge is 2.39. The number of amides is 2. The molecule has 0 bridgehead atoms. The molecule has 2 unspecified atom stereocenters. The van der Waals surface area contributed by atoms with Gasteiger partial charge in [-0.25, -0.2) is 0 Å². The number of carbonyl (C=O) groups excluding carboxylic acids is 2. The van der Waals surface area contributed by atoms with Crippen LogP contribution in [-0.4, -0.2) is 45.9 Å². The molecule has 1 fully saturated rings. The first-order valence-corrected chi connectivity index (χ1v) is 8.61. The Bertz CT molecular complexity index is 806. The van der Waals surface area contributed by atoms with E-state index in [4.69, 9.17) is 0 Å². The highest BCUT2D eigenvalue weighted by atomic mass is 16.3. The van der Waals surface area contributed by atoms with Crippen LogP contribution in [0.15, 0.2) is 54.6 Å². The quantitative estimate of drug-likeness (QED) is 0.936. The lowest BCUT2D eigenvalue weighted by molar-refractivity contribution is 0.00742. The summed E-state index contributed by atoms with van der Waals surface area (Å²) in [5.41, 5.74) is 1.85. The molecule has 2 aromatic carbocycles. The molecule has 2 aliphatic rings. The molecule has 2 aromatic rings. The Kier molecular flexibility index (Phi) is 4.01. The summed E-state index contributed by atoms with van der Waals surface area (Å²) < 4.78 is 0. The van der Waals surface area contributed by atoms with Crippen LogP contribution in [0, 0.1) is 0 Å². The van der Waals surface area contributed by atoms with Crippen molar-refractivity contribution in [3.63, 3.8) is 0 Å². The SMILES string of the molecule is O=C(c1ccccc1)N1CCCC1CN1C(=O)c2ccccc2C1O. The summed E-state index contributed by atoms with van der Waals surface area (Å²) in [6.07, 6.45) is 0.817. The minimum Gasteiger partial charge on any atom is -0.369 e. The van der Waals surface area contributed by atoms with Crippen molar-refractivity contribution in [2.75, 3.05) is 13.1 Å². The Morgan fingerprint density at radius 1 is 1.08 bits per heavy atom. The van der Waals surface area contributed by atoms with Gasteiger partial charge in [-0.2, -0.15) is 0 Å². The standard InChI is InChI=1S/C20H20N2O3/c23-18(14-7-2-1-3-8-14)21-12-6-9-15(21)13-22-19(24)16-10-4-5-11-17(16)20(22)25/h1-5,7-8,10-11,15,19,24H,6,9,12-13H2. The molecule has 4 rings (SSSR count). The molecule has 5 heteroatoms. The fraction of sp³-hybridized carbons (Fsp3) is 0.300. The normalized spacial score (nSPS) is 22.4.